The molecule has 1 unspecified atom stereocenters. The molecule has 0 saturated carbocycles. The molecule has 1 atom stereocenters. The summed E-state index contributed by atoms with van der Waals surface area (Å²) in [7, 11) is 2.95. The summed E-state index contributed by atoms with van der Waals surface area (Å²) in [4.78, 5) is 23.3. The molecule has 0 aliphatic heterocycles. The van der Waals surface area contributed by atoms with Crippen molar-refractivity contribution in [2.75, 3.05) is 13.7 Å². The Kier molecular flexibility index (Phi) is 5.36. The maximum absolute atomic E-state index is 12.4. The largest absolute Gasteiger partial charge is 0.479 e. The predicted molar refractivity (Wildman–Crippen MR) is 84.4 cm³/mol. The van der Waals surface area contributed by atoms with Gasteiger partial charge in [0, 0.05) is 25.9 Å². The molecule has 122 valence electrons. The molecule has 0 aliphatic rings. The van der Waals surface area contributed by atoms with Gasteiger partial charge in [0.1, 0.15) is 5.69 Å². The highest BCUT2D eigenvalue weighted by Crippen LogP contribution is 2.28. The first kappa shape index (κ1) is 17.0. The van der Waals surface area contributed by atoms with Gasteiger partial charge in [-0.2, -0.15) is 5.10 Å². The minimum absolute atomic E-state index is 0.151. The molecule has 23 heavy (non-hydrogen) atoms. The number of aromatic nitrogens is 2. The summed E-state index contributed by atoms with van der Waals surface area (Å²) in [5.74, 6) is -1.60. The molecule has 0 aliphatic carbocycles. The van der Waals surface area contributed by atoms with Gasteiger partial charge in [-0.3, -0.25) is 9.48 Å². The quantitative estimate of drug-likeness (QED) is 0.834. The van der Waals surface area contributed by atoms with Crippen LogP contribution in [0.5, 0.6) is 0 Å². The van der Waals surface area contributed by atoms with Gasteiger partial charge in [-0.05, 0) is 6.07 Å². The monoisotopic (exact) mass is 337 g/mol. The number of aliphatic carboxylic acids is 1. The summed E-state index contributed by atoms with van der Waals surface area (Å²) in [6.45, 7) is -0.151. The summed E-state index contributed by atoms with van der Waals surface area (Å²) in [6, 6.07) is 7.04. The van der Waals surface area contributed by atoms with Crippen molar-refractivity contribution in [3.05, 3.63) is 41.0 Å². The molecule has 0 saturated heterocycles. The molecule has 1 aromatic carbocycles. The van der Waals surface area contributed by atoms with Crippen LogP contribution in [-0.4, -0.2) is 46.5 Å². The lowest BCUT2D eigenvalue weighted by Gasteiger charge is -2.11. The normalized spacial score (nSPS) is 12.0. The van der Waals surface area contributed by atoms with Crippen molar-refractivity contribution in [1.29, 1.82) is 0 Å². The SMILES string of the molecule is COC(CNC(=O)c1cn(C)nc1-c1ccccc1Cl)C(=O)O. The zero-order valence-electron chi connectivity index (χ0n) is 12.6. The van der Waals surface area contributed by atoms with Gasteiger partial charge in [-0.1, -0.05) is 29.8 Å². The van der Waals surface area contributed by atoms with E-state index in [0.717, 1.165) is 0 Å². The van der Waals surface area contributed by atoms with E-state index in [0.29, 0.717) is 21.8 Å². The number of aryl methyl sites for hydroxylation is 1. The molecule has 2 aromatic rings. The number of hydrogen-bond acceptors (Lipinski definition) is 4. The third-order valence-corrected chi connectivity index (χ3v) is 3.54. The third kappa shape index (κ3) is 3.88. The van der Waals surface area contributed by atoms with Crippen LogP contribution in [0.4, 0.5) is 0 Å². The minimum atomic E-state index is -1.15. The van der Waals surface area contributed by atoms with E-state index in [9.17, 15) is 9.59 Å². The first-order valence-corrected chi connectivity index (χ1v) is 7.14. The van der Waals surface area contributed by atoms with E-state index in [-0.39, 0.29) is 6.54 Å². The fourth-order valence-electron chi connectivity index (χ4n) is 2.06. The maximum atomic E-state index is 12.4. The number of carboxylic acids is 1. The molecule has 1 amide bonds. The molecule has 1 aromatic heterocycles. The van der Waals surface area contributed by atoms with E-state index >= 15 is 0 Å². The molecule has 0 fully saturated rings. The van der Waals surface area contributed by atoms with E-state index < -0.39 is 18.0 Å². The molecule has 7 nitrogen and oxygen atoms in total. The molecule has 8 heteroatoms. The van der Waals surface area contributed by atoms with Crippen molar-refractivity contribution in [1.82, 2.24) is 15.1 Å². The number of carbonyl (C=O) groups excluding carboxylic acids is 1. The fourth-order valence-corrected chi connectivity index (χ4v) is 2.28. The van der Waals surface area contributed by atoms with Crippen molar-refractivity contribution >= 4 is 23.5 Å². The summed E-state index contributed by atoms with van der Waals surface area (Å²) in [5.41, 5.74) is 1.36. The second-order valence-corrected chi connectivity index (χ2v) is 5.22. The second-order valence-electron chi connectivity index (χ2n) is 4.82. The van der Waals surface area contributed by atoms with Crippen molar-refractivity contribution < 1.29 is 19.4 Å². The summed E-state index contributed by atoms with van der Waals surface area (Å²) in [5, 5.41) is 16.2. The second kappa shape index (κ2) is 7.26. The third-order valence-electron chi connectivity index (χ3n) is 3.21. The number of halogens is 1. The Labute approximate surface area is 137 Å². The van der Waals surface area contributed by atoms with Crippen LogP contribution in [0.2, 0.25) is 5.02 Å². The number of benzene rings is 1. The van der Waals surface area contributed by atoms with Crippen LogP contribution in [0.25, 0.3) is 11.3 Å². The lowest BCUT2D eigenvalue weighted by Crippen LogP contribution is -2.37. The van der Waals surface area contributed by atoms with Gasteiger partial charge in [0.2, 0.25) is 0 Å². The lowest BCUT2D eigenvalue weighted by molar-refractivity contribution is -0.148. The highest BCUT2D eigenvalue weighted by atomic mass is 35.5. The first-order chi connectivity index (χ1) is 10.9. The number of nitrogens with zero attached hydrogens (tertiary/aromatic N) is 2. The van der Waals surface area contributed by atoms with Crippen LogP contribution < -0.4 is 5.32 Å². The van der Waals surface area contributed by atoms with Crippen LogP contribution in [0.15, 0.2) is 30.5 Å². The predicted octanol–water partition coefficient (Wildman–Crippen LogP) is 1.57. The Bertz CT molecular complexity index is 729. The molecule has 0 bridgehead atoms. The van der Waals surface area contributed by atoms with E-state index in [1.54, 1.807) is 37.5 Å². The first-order valence-electron chi connectivity index (χ1n) is 6.76. The number of rotatable bonds is 6. The Hall–Kier alpha value is -2.38. The van der Waals surface area contributed by atoms with Crippen molar-refractivity contribution in [3.8, 4) is 11.3 Å². The van der Waals surface area contributed by atoms with Crippen molar-refractivity contribution in [3.63, 3.8) is 0 Å². The van der Waals surface area contributed by atoms with Gasteiger partial charge >= 0.3 is 5.97 Å². The number of amides is 1. The molecule has 2 N–H and O–H groups in total. The Morgan fingerprint density at radius 2 is 2.13 bits per heavy atom. The smallest absolute Gasteiger partial charge is 0.334 e. The molecular formula is C15H16ClN3O4. The van der Waals surface area contributed by atoms with Crippen LogP contribution >= 0.6 is 11.6 Å². The number of nitrogens with one attached hydrogen (secondary N) is 1. The van der Waals surface area contributed by atoms with E-state index in [1.807, 2.05) is 0 Å². The number of hydrogen-bond donors (Lipinski definition) is 2. The van der Waals surface area contributed by atoms with E-state index in [4.69, 9.17) is 21.4 Å². The zero-order chi connectivity index (χ0) is 17.0. The van der Waals surface area contributed by atoms with Crippen LogP contribution in [0.1, 0.15) is 10.4 Å². The summed E-state index contributed by atoms with van der Waals surface area (Å²) in [6.07, 6.45) is 0.440. The topological polar surface area (TPSA) is 93.5 Å². The van der Waals surface area contributed by atoms with E-state index in [1.165, 1.54) is 11.8 Å². The highest BCUT2D eigenvalue weighted by molar-refractivity contribution is 6.33. The average molecular weight is 338 g/mol. The van der Waals surface area contributed by atoms with Gasteiger partial charge < -0.3 is 15.2 Å². The van der Waals surface area contributed by atoms with E-state index in [2.05, 4.69) is 10.4 Å². The standard InChI is InChI=1S/C15H16ClN3O4/c1-19-8-10(14(20)17-7-12(23-2)15(21)22)13(18-19)9-5-3-4-6-11(9)16/h3-6,8,12H,7H2,1-2H3,(H,17,20)(H,21,22). The van der Waals surface area contributed by atoms with Gasteiger partial charge in [0.05, 0.1) is 17.1 Å². The van der Waals surface area contributed by atoms with Crippen molar-refractivity contribution in [2.24, 2.45) is 7.05 Å². The summed E-state index contributed by atoms with van der Waals surface area (Å²) >= 11 is 6.16. The number of ether oxygens (including phenoxy) is 1. The summed E-state index contributed by atoms with van der Waals surface area (Å²) < 4.78 is 6.28. The van der Waals surface area contributed by atoms with Gasteiger partial charge in [-0.15, -0.1) is 0 Å². The Morgan fingerprint density at radius 3 is 2.74 bits per heavy atom. The van der Waals surface area contributed by atoms with Crippen LogP contribution in [0.3, 0.4) is 0 Å². The van der Waals surface area contributed by atoms with Gasteiger partial charge in [-0.25, -0.2) is 4.79 Å². The minimum Gasteiger partial charge on any atom is -0.479 e. The molecule has 0 radical (unpaired) electrons. The molecule has 0 spiro atoms. The number of carboxylic acid groups (broad SMARTS) is 1. The maximum Gasteiger partial charge on any atom is 0.334 e. The Morgan fingerprint density at radius 1 is 1.43 bits per heavy atom. The lowest BCUT2D eigenvalue weighted by atomic mass is 10.1. The fraction of sp³-hybridized carbons (Fsp3) is 0.267. The van der Waals surface area contributed by atoms with Gasteiger partial charge in [0.25, 0.3) is 5.91 Å². The molecule has 2 rings (SSSR count). The average Bonchev–Trinajstić information content (AvgIpc) is 2.89. The molecule has 1 heterocycles. The zero-order valence-corrected chi connectivity index (χ0v) is 13.4. The highest BCUT2D eigenvalue weighted by Gasteiger charge is 2.22. The van der Waals surface area contributed by atoms with Crippen LogP contribution in [0, 0.1) is 0 Å². The Balaban J connectivity index is 2.25. The van der Waals surface area contributed by atoms with Crippen LogP contribution in [-0.2, 0) is 16.6 Å². The number of methoxy groups -OCH3 is 1. The van der Waals surface area contributed by atoms with Gasteiger partial charge in [0.15, 0.2) is 6.10 Å². The number of carbonyl (C=O) groups is 2. The van der Waals surface area contributed by atoms with Crippen molar-refractivity contribution in [2.45, 2.75) is 6.10 Å². The molecular weight excluding hydrogens is 322 g/mol.